The number of carboxylic acids is 1. The Morgan fingerprint density at radius 3 is 2.74 bits per heavy atom. The first kappa shape index (κ1) is 14.9. The molecule has 6 nitrogen and oxygen atoms in total. The summed E-state index contributed by atoms with van der Waals surface area (Å²) in [7, 11) is 0. The Labute approximate surface area is 132 Å². The molecule has 0 bridgehead atoms. The van der Waals surface area contributed by atoms with Gasteiger partial charge in [0.1, 0.15) is 11.8 Å². The molecule has 0 aliphatic heterocycles. The van der Waals surface area contributed by atoms with E-state index < -0.39 is 17.9 Å². The molecule has 1 aromatic carbocycles. The van der Waals surface area contributed by atoms with Crippen LogP contribution in [0.3, 0.4) is 0 Å². The molecule has 0 saturated heterocycles. The summed E-state index contributed by atoms with van der Waals surface area (Å²) >= 11 is 0. The second-order valence-corrected chi connectivity index (χ2v) is 5.34. The molecular formula is C17H16N2O4. The first-order chi connectivity index (χ1) is 11.0. The van der Waals surface area contributed by atoms with E-state index in [0.29, 0.717) is 5.76 Å². The number of amides is 1. The molecule has 3 aromatic rings. The fourth-order valence-electron chi connectivity index (χ4n) is 2.51. The van der Waals surface area contributed by atoms with Gasteiger partial charge < -0.3 is 19.8 Å². The number of carbonyl (C=O) groups excluding carboxylic acids is 1. The maximum absolute atomic E-state index is 12.1. The molecule has 3 rings (SSSR count). The van der Waals surface area contributed by atoms with Crippen LogP contribution in [0.4, 0.5) is 0 Å². The quantitative estimate of drug-likeness (QED) is 0.674. The second kappa shape index (κ2) is 6.00. The Kier molecular flexibility index (Phi) is 3.89. The third-order valence-corrected chi connectivity index (χ3v) is 3.67. The number of carboxylic acid groups (broad SMARTS) is 1. The number of carbonyl (C=O) groups is 2. The van der Waals surface area contributed by atoms with Crippen LogP contribution in [0.25, 0.3) is 10.9 Å². The van der Waals surface area contributed by atoms with Gasteiger partial charge >= 0.3 is 5.97 Å². The van der Waals surface area contributed by atoms with E-state index >= 15 is 0 Å². The molecule has 0 fully saturated rings. The number of aromatic nitrogens is 1. The maximum Gasteiger partial charge on any atom is 0.326 e. The van der Waals surface area contributed by atoms with Gasteiger partial charge in [-0.2, -0.15) is 0 Å². The highest BCUT2D eigenvalue weighted by Gasteiger charge is 2.23. The zero-order valence-electron chi connectivity index (χ0n) is 12.5. The Balaban J connectivity index is 1.79. The number of aromatic amines is 1. The molecule has 1 atom stereocenters. The van der Waals surface area contributed by atoms with E-state index in [4.69, 9.17) is 4.42 Å². The lowest BCUT2D eigenvalue weighted by Crippen LogP contribution is -2.42. The zero-order valence-corrected chi connectivity index (χ0v) is 12.5. The number of rotatable bonds is 5. The minimum Gasteiger partial charge on any atom is -0.480 e. The minimum atomic E-state index is -1.09. The molecule has 0 saturated carbocycles. The molecule has 0 unspecified atom stereocenters. The molecule has 1 amide bonds. The van der Waals surface area contributed by atoms with Crippen molar-refractivity contribution in [3.05, 3.63) is 59.7 Å². The van der Waals surface area contributed by atoms with Crippen molar-refractivity contribution in [1.82, 2.24) is 10.3 Å². The van der Waals surface area contributed by atoms with Gasteiger partial charge in [0.05, 0.1) is 0 Å². The summed E-state index contributed by atoms with van der Waals surface area (Å²) in [6.07, 6.45) is 1.95. The lowest BCUT2D eigenvalue weighted by molar-refractivity contribution is -0.139. The number of fused-ring (bicyclic) bond motifs is 1. The molecule has 0 radical (unpaired) electrons. The van der Waals surface area contributed by atoms with Crippen LogP contribution in [0, 0.1) is 6.92 Å². The average molecular weight is 312 g/mol. The Morgan fingerprint density at radius 1 is 1.26 bits per heavy atom. The Bertz CT molecular complexity index is 862. The first-order valence-electron chi connectivity index (χ1n) is 7.19. The summed E-state index contributed by atoms with van der Waals surface area (Å²) < 4.78 is 5.22. The first-order valence-corrected chi connectivity index (χ1v) is 7.19. The van der Waals surface area contributed by atoms with E-state index in [1.807, 2.05) is 24.3 Å². The van der Waals surface area contributed by atoms with Crippen LogP contribution in [0.15, 0.2) is 47.0 Å². The summed E-state index contributed by atoms with van der Waals surface area (Å²) in [5, 5.41) is 12.8. The number of aliphatic carboxylic acids is 1. The third kappa shape index (κ3) is 3.11. The molecule has 0 aliphatic carbocycles. The number of furan rings is 1. The summed E-state index contributed by atoms with van der Waals surface area (Å²) in [4.78, 5) is 26.7. The van der Waals surface area contributed by atoms with Crippen molar-refractivity contribution < 1.29 is 19.1 Å². The van der Waals surface area contributed by atoms with Crippen LogP contribution in [0.2, 0.25) is 0 Å². The van der Waals surface area contributed by atoms with E-state index in [9.17, 15) is 14.7 Å². The maximum atomic E-state index is 12.1. The minimum absolute atomic E-state index is 0.104. The summed E-state index contributed by atoms with van der Waals surface area (Å²) in [6, 6.07) is 9.76. The topological polar surface area (TPSA) is 95.3 Å². The third-order valence-electron chi connectivity index (χ3n) is 3.67. The van der Waals surface area contributed by atoms with Crippen LogP contribution in [-0.2, 0) is 11.2 Å². The summed E-state index contributed by atoms with van der Waals surface area (Å²) in [5.74, 6) is -0.927. The molecule has 2 heterocycles. The van der Waals surface area contributed by atoms with Crippen LogP contribution in [-0.4, -0.2) is 28.0 Å². The molecule has 3 N–H and O–H groups in total. The van der Waals surface area contributed by atoms with Crippen molar-refractivity contribution in [2.24, 2.45) is 0 Å². The van der Waals surface area contributed by atoms with Gasteiger partial charge in [0.15, 0.2) is 5.76 Å². The molecule has 0 aliphatic rings. The molecule has 118 valence electrons. The number of para-hydroxylation sites is 1. The van der Waals surface area contributed by atoms with Crippen LogP contribution >= 0.6 is 0 Å². The standard InChI is InChI=1S/C17H16N2O4/c1-10-6-7-15(23-10)16(20)19-14(17(21)22)8-11-9-18-13-5-3-2-4-12(11)13/h2-7,9,14,18H,8H2,1H3,(H,19,20)(H,21,22)/t14-/m1/s1. The van der Waals surface area contributed by atoms with Crippen molar-refractivity contribution in [2.75, 3.05) is 0 Å². The Morgan fingerprint density at radius 2 is 2.04 bits per heavy atom. The highest BCUT2D eigenvalue weighted by Crippen LogP contribution is 2.19. The number of H-pyrrole nitrogens is 1. The molecule has 6 heteroatoms. The van der Waals surface area contributed by atoms with Gasteiger partial charge in [-0.05, 0) is 30.7 Å². The van der Waals surface area contributed by atoms with E-state index in [2.05, 4.69) is 10.3 Å². The van der Waals surface area contributed by atoms with Gasteiger partial charge in [-0.15, -0.1) is 0 Å². The SMILES string of the molecule is Cc1ccc(C(=O)N[C@H](Cc2c[nH]c3ccccc23)C(=O)O)o1. The summed E-state index contributed by atoms with van der Waals surface area (Å²) in [6.45, 7) is 1.72. The van der Waals surface area contributed by atoms with Crippen molar-refractivity contribution in [3.8, 4) is 0 Å². The smallest absolute Gasteiger partial charge is 0.326 e. The Hall–Kier alpha value is -3.02. The van der Waals surface area contributed by atoms with E-state index in [1.165, 1.54) is 6.07 Å². The zero-order chi connectivity index (χ0) is 16.4. The fourth-order valence-corrected chi connectivity index (χ4v) is 2.51. The van der Waals surface area contributed by atoms with E-state index in [1.54, 1.807) is 19.2 Å². The molecule has 2 aromatic heterocycles. The summed E-state index contributed by atoms with van der Waals surface area (Å²) in [5.41, 5.74) is 1.77. The fraction of sp³-hybridized carbons (Fsp3) is 0.176. The van der Waals surface area contributed by atoms with Crippen LogP contribution < -0.4 is 5.32 Å². The van der Waals surface area contributed by atoms with Crippen molar-refractivity contribution >= 4 is 22.8 Å². The predicted molar refractivity (Wildman–Crippen MR) is 84.3 cm³/mol. The lowest BCUT2D eigenvalue weighted by atomic mass is 10.0. The van der Waals surface area contributed by atoms with Gasteiger partial charge in [-0.3, -0.25) is 4.79 Å². The normalized spacial score (nSPS) is 12.2. The number of hydrogen-bond acceptors (Lipinski definition) is 3. The van der Waals surface area contributed by atoms with Crippen molar-refractivity contribution in [3.63, 3.8) is 0 Å². The number of aryl methyl sites for hydroxylation is 1. The second-order valence-electron chi connectivity index (χ2n) is 5.34. The number of benzene rings is 1. The monoisotopic (exact) mass is 312 g/mol. The van der Waals surface area contributed by atoms with Gasteiger partial charge in [0, 0.05) is 23.5 Å². The number of nitrogens with one attached hydrogen (secondary N) is 2. The largest absolute Gasteiger partial charge is 0.480 e. The van der Waals surface area contributed by atoms with Gasteiger partial charge in [-0.1, -0.05) is 18.2 Å². The van der Waals surface area contributed by atoms with Gasteiger partial charge in [-0.25, -0.2) is 4.79 Å². The van der Waals surface area contributed by atoms with E-state index in [-0.39, 0.29) is 12.2 Å². The molecule has 0 spiro atoms. The van der Waals surface area contributed by atoms with Crippen molar-refractivity contribution in [2.45, 2.75) is 19.4 Å². The van der Waals surface area contributed by atoms with Gasteiger partial charge in [0.25, 0.3) is 5.91 Å². The molecule has 23 heavy (non-hydrogen) atoms. The highest BCUT2D eigenvalue weighted by atomic mass is 16.4. The van der Waals surface area contributed by atoms with Crippen LogP contribution in [0.1, 0.15) is 21.9 Å². The predicted octanol–water partition coefficient (Wildman–Crippen LogP) is 2.50. The van der Waals surface area contributed by atoms with Crippen molar-refractivity contribution in [1.29, 1.82) is 0 Å². The van der Waals surface area contributed by atoms with E-state index in [0.717, 1.165) is 16.5 Å². The highest BCUT2D eigenvalue weighted by molar-refractivity contribution is 5.94. The molecular weight excluding hydrogens is 296 g/mol. The lowest BCUT2D eigenvalue weighted by Gasteiger charge is -2.13. The van der Waals surface area contributed by atoms with Crippen LogP contribution in [0.5, 0.6) is 0 Å². The number of hydrogen-bond donors (Lipinski definition) is 3. The van der Waals surface area contributed by atoms with Gasteiger partial charge in [0.2, 0.25) is 0 Å². The average Bonchev–Trinajstić information content (AvgIpc) is 3.13.